The second-order valence-corrected chi connectivity index (χ2v) is 7.36. The first kappa shape index (κ1) is 18.9. The van der Waals surface area contributed by atoms with Gasteiger partial charge in [0.1, 0.15) is 5.69 Å². The molecule has 4 rings (SSSR count). The summed E-state index contributed by atoms with van der Waals surface area (Å²) in [6, 6.07) is 20.6. The van der Waals surface area contributed by atoms with Gasteiger partial charge in [0.25, 0.3) is 0 Å². The largest absolute Gasteiger partial charge is 0.352 e. The molecule has 0 fully saturated rings. The molecule has 29 heavy (non-hydrogen) atoms. The third kappa shape index (κ3) is 4.07. The predicted octanol–water partition coefficient (Wildman–Crippen LogP) is 3.81. The molecule has 0 bridgehead atoms. The van der Waals surface area contributed by atoms with Crippen LogP contribution in [-0.2, 0) is 0 Å². The van der Waals surface area contributed by atoms with Gasteiger partial charge in [-0.2, -0.15) is 0 Å². The van der Waals surface area contributed by atoms with Crippen molar-refractivity contribution in [3.63, 3.8) is 0 Å². The van der Waals surface area contributed by atoms with Crippen molar-refractivity contribution in [2.75, 3.05) is 5.75 Å². The molecule has 2 aromatic heterocycles. The molecule has 146 valence electrons. The number of rotatable bonds is 7. The van der Waals surface area contributed by atoms with Gasteiger partial charge in [0.15, 0.2) is 5.16 Å². The monoisotopic (exact) mass is 406 g/mol. The summed E-state index contributed by atoms with van der Waals surface area (Å²) in [6.07, 6.45) is 0. The molecule has 7 nitrogen and oxygen atoms in total. The van der Waals surface area contributed by atoms with Gasteiger partial charge >= 0.3 is 5.69 Å². The number of Topliss-reactive ketones (excluding diaryl/α,β-unsaturated/α-hetero) is 1. The minimum absolute atomic E-state index is 0.0786. The molecule has 0 unspecified atom stereocenters. The lowest BCUT2D eigenvalue weighted by Crippen LogP contribution is -2.22. The summed E-state index contributed by atoms with van der Waals surface area (Å²) in [4.78, 5) is 24.8. The first-order valence-electron chi connectivity index (χ1n) is 9.03. The maximum atomic E-state index is 12.5. The molecule has 8 heteroatoms. The van der Waals surface area contributed by atoms with Crippen molar-refractivity contribution >= 4 is 17.5 Å². The number of hydrogen-bond donors (Lipinski definition) is 1. The van der Waals surface area contributed by atoms with Crippen LogP contribution in [0.3, 0.4) is 0 Å². The van der Waals surface area contributed by atoms with E-state index in [-0.39, 0.29) is 29.0 Å². The summed E-state index contributed by atoms with van der Waals surface area (Å²) in [5.74, 6) is 0.0332. The molecule has 0 aliphatic heterocycles. The van der Waals surface area contributed by atoms with E-state index >= 15 is 0 Å². The van der Waals surface area contributed by atoms with Crippen molar-refractivity contribution in [2.24, 2.45) is 0 Å². The van der Waals surface area contributed by atoms with E-state index in [0.29, 0.717) is 10.9 Å². The van der Waals surface area contributed by atoms with Gasteiger partial charge in [0, 0.05) is 11.6 Å². The van der Waals surface area contributed by atoms with Crippen LogP contribution in [0.2, 0.25) is 0 Å². The minimum atomic E-state index is -0.317. The number of nitrogens with one attached hydrogen (secondary N) is 1. The van der Waals surface area contributed by atoms with E-state index < -0.39 is 0 Å². The van der Waals surface area contributed by atoms with Crippen molar-refractivity contribution in [3.05, 3.63) is 88.5 Å². The molecule has 0 radical (unpaired) electrons. The van der Waals surface area contributed by atoms with Crippen LogP contribution in [0, 0.1) is 0 Å². The average molecular weight is 406 g/mol. The van der Waals surface area contributed by atoms with Crippen LogP contribution in [0.5, 0.6) is 0 Å². The molecule has 1 atom stereocenters. The Balaban J connectivity index is 1.48. The van der Waals surface area contributed by atoms with Crippen LogP contribution < -0.4 is 5.69 Å². The van der Waals surface area contributed by atoms with Crippen molar-refractivity contribution in [3.8, 4) is 11.3 Å². The highest BCUT2D eigenvalue weighted by Crippen LogP contribution is 2.24. The SMILES string of the molecule is C[C@@H](c1ccccc1)n1c(SCC(=O)c2cc(-c3ccccc3)no2)n[nH]c1=O. The summed E-state index contributed by atoms with van der Waals surface area (Å²) in [6.45, 7) is 1.92. The molecule has 0 amide bonds. The number of aromatic nitrogens is 4. The zero-order valence-electron chi connectivity index (χ0n) is 15.6. The Bertz CT molecular complexity index is 1170. The zero-order chi connectivity index (χ0) is 20.2. The Kier molecular flexibility index (Phi) is 5.44. The van der Waals surface area contributed by atoms with Crippen molar-refractivity contribution < 1.29 is 9.32 Å². The van der Waals surface area contributed by atoms with E-state index in [1.54, 1.807) is 10.6 Å². The van der Waals surface area contributed by atoms with Crippen molar-refractivity contribution in [1.29, 1.82) is 0 Å². The van der Waals surface area contributed by atoms with Gasteiger partial charge in [-0.3, -0.25) is 9.36 Å². The number of H-pyrrole nitrogens is 1. The highest BCUT2D eigenvalue weighted by atomic mass is 32.2. The summed E-state index contributed by atoms with van der Waals surface area (Å²) in [5, 5.41) is 11.0. The number of ketones is 1. The number of thioether (sulfide) groups is 1. The third-order valence-electron chi connectivity index (χ3n) is 4.53. The van der Waals surface area contributed by atoms with E-state index in [0.717, 1.165) is 11.1 Å². The van der Waals surface area contributed by atoms with Gasteiger partial charge in [0.2, 0.25) is 11.5 Å². The molecule has 1 N–H and O–H groups in total. The van der Waals surface area contributed by atoms with E-state index in [1.165, 1.54) is 11.8 Å². The molecule has 0 saturated carbocycles. The summed E-state index contributed by atoms with van der Waals surface area (Å²) in [5.41, 5.74) is 2.14. The van der Waals surface area contributed by atoms with Crippen LogP contribution >= 0.6 is 11.8 Å². The van der Waals surface area contributed by atoms with Gasteiger partial charge in [-0.05, 0) is 12.5 Å². The number of nitrogens with zero attached hydrogens (tertiary/aromatic N) is 3. The number of benzene rings is 2. The number of aromatic amines is 1. The Morgan fingerprint density at radius 3 is 2.55 bits per heavy atom. The average Bonchev–Trinajstić information content (AvgIpc) is 3.40. The Labute approximate surface area is 170 Å². The van der Waals surface area contributed by atoms with Crippen molar-refractivity contribution in [2.45, 2.75) is 18.1 Å². The topological polar surface area (TPSA) is 93.8 Å². The van der Waals surface area contributed by atoms with E-state index in [4.69, 9.17) is 4.52 Å². The number of hydrogen-bond acceptors (Lipinski definition) is 6. The number of carbonyl (C=O) groups excluding carboxylic acids is 1. The fraction of sp³-hybridized carbons (Fsp3) is 0.143. The molecule has 0 spiro atoms. The van der Waals surface area contributed by atoms with E-state index in [9.17, 15) is 9.59 Å². The second kappa shape index (κ2) is 8.32. The molecular weight excluding hydrogens is 388 g/mol. The fourth-order valence-corrected chi connectivity index (χ4v) is 3.86. The van der Waals surface area contributed by atoms with E-state index in [1.807, 2.05) is 67.6 Å². The summed E-state index contributed by atoms with van der Waals surface area (Å²) >= 11 is 1.18. The first-order valence-corrected chi connectivity index (χ1v) is 10.0. The lowest BCUT2D eigenvalue weighted by molar-refractivity contribution is 0.0983. The molecule has 2 aromatic carbocycles. The van der Waals surface area contributed by atoms with Gasteiger partial charge in [-0.25, -0.2) is 9.89 Å². The predicted molar refractivity (Wildman–Crippen MR) is 110 cm³/mol. The Morgan fingerprint density at radius 2 is 1.83 bits per heavy atom. The zero-order valence-corrected chi connectivity index (χ0v) is 16.4. The highest BCUT2D eigenvalue weighted by molar-refractivity contribution is 7.99. The van der Waals surface area contributed by atoms with Crippen molar-refractivity contribution in [1.82, 2.24) is 19.9 Å². The highest BCUT2D eigenvalue weighted by Gasteiger charge is 2.20. The maximum Gasteiger partial charge on any atom is 0.344 e. The maximum absolute atomic E-state index is 12.5. The van der Waals surface area contributed by atoms with Crippen LogP contribution in [0.1, 0.15) is 29.1 Å². The smallest absolute Gasteiger partial charge is 0.344 e. The van der Waals surface area contributed by atoms with Gasteiger partial charge in [-0.1, -0.05) is 77.6 Å². The van der Waals surface area contributed by atoms with Crippen LogP contribution in [0.25, 0.3) is 11.3 Å². The standard InChI is InChI=1S/C21H18N4O3S/c1-14(15-8-4-2-5-9-15)25-20(27)22-23-21(25)29-13-18(26)19-12-17(24-28-19)16-10-6-3-7-11-16/h2-12,14H,13H2,1H3,(H,22,27)/t14-/m0/s1. The summed E-state index contributed by atoms with van der Waals surface area (Å²) < 4.78 is 6.76. The second-order valence-electron chi connectivity index (χ2n) is 6.42. The Morgan fingerprint density at radius 1 is 1.14 bits per heavy atom. The quantitative estimate of drug-likeness (QED) is 0.370. The van der Waals surface area contributed by atoms with E-state index in [2.05, 4.69) is 15.4 Å². The molecule has 2 heterocycles. The van der Waals surface area contributed by atoms with Crippen LogP contribution in [0.4, 0.5) is 0 Å². The molecule has 0 aliphatic carbocycles. The third-order valence-corrected chi connectivity index (χ3v) is 5.48. The molecular formula is C21H18N4O3S. The van der Waals surface area contributed by atoms with Crippen LogP contribution in [0.15, 0.2) is 81.2 Å². The van der Waals surface area contributed by atoms with Gasteiger partial charge < -0.3 is 4.52 Å². The molecule has 0 aliphatic rings. The van der Waals surface area contributed by atoms with Crippen LogP contribution in [-0.4, -0.2) is 31.5 Å². The number of carbonyl (C=O) groups is 1. The first-order chi connectivity index (χ1) is 14.1. The van der Waals surface area contributed by atoms with Gasteiger partial charge in [0.05, 0.1) is 11.8 Å². The summed E-state index contributed by atoms with van der Waals surface area (Å²) in [7, 11) is 0. The van der Waals surface area contributed by atoms with Gasteiger partial charge in [-0.15, -0.1) is 5.10 Å². The normalized spacial score (nSPS) is 12.0. The Hall–Kier alpha value is -3.39. The molecule has 0 saturated heterocycles. The fourth-order valence-electron chi connectivity index (χ4n) is 2.97. The minimum Gasteiger partial charge on any atom is -0.352 e. The lowest BCUT2D eigenvalue weighted by Gasteiger charge is -2.14. The molecule has 4 aromatic rings. The lowest BCUT2D eigenvalue weighted by atomic mass is 10.1.